The van der Waals surface area contributed by atoms with Crippen LogP contribution in [0.4, 0.5) is 5.69 Å². The highest BCUT2D eigenvalue weighted by Crippen LogP contribution is 2.26. The predicted octanol–water partition coefficient (Wildman–Crippen LogP) is 1.54. The van der Waals surface area contributed by atoms with Gasteiger partial charge in [0.25, 0.3) is 0 Å². The lowest BCUT2D eigenvalue weighted by atomic mass is 10.1. The Hall–Kier alpha value is -0.580. The molecule has 2 fully saturated rings. The zero-order valence-corrected chi connectivity index (χ0v) is 11.5. The van der Waals surface area contributed by atoms with Crippen LogP contribution in [0.5, 0.6) is 0 Å². The minimum absolute atomic E-state index is 0.788. The molecule has 4 heteroatoms. The van der Waals surface area contributed by atoms with Gasteiger partial charge < -0.3 is 10.2 Å². The Balaban J connectivity index is 1.63. The fourth-order valence-corrected chi connectivity index (χ4v) is 3.10. The topological polar surface area (TPSA) is 18.5 Å². The fourth-order valence-electron chi connectivity index (χ4n) is 2.57. The molecule has 3 nitrogen and oxygen atoms in total. The Morgan fingerprint density at radius 2 is 1.76 bits per heavy atom. The first kappa shape index (κ1) is 11.5. The Bertz CT molecular complexity index is 384. The van der Waals surface area contributed by atoms with Crippen molar-refractivity contribution in [2.75, 3.05) is 44.2 Å². The fraction of sp³-hybridized carbons (Fsp3) is 0.538. The highest BCUT2D eigenvalue weighted by atomic mass is 79.9. The zero-order valence-electron chi connectivity index (χ0n) is 9.90. The second-order valence-corrected chi connectivity index (χ2v) is 5.64. The van der Waals surface area contributed by atoms with Crippen LogP contribution < -0.4 is 10.2 Å². The summed E-state index contributed by atoms with van der Waals surface area (Å²) in [6.45, 7) is 7.00. The first-order valence-electron chi connectivity index (χ1n) is 6.29. The van der Waals surface area contributed by atoms with E-state index in [1.807, 2.05) is 0 Å². The van der Waals surface area contributed by atoms with E-state index in [4.69, 9.17) is 0 Å². The number of rotatable bonds is 2. The normalized spacial score (nSPS) is 22.5. The molecule has 0 amide bonds. The second-order valence-electron chi connectivity index (χ2n) is 4.79. The summed E-state index contributed by atoms with van der Waals surface area (Å²) >= 11 is 3.64. The van der Waals surface area contributed by atoms with Crippen molar-refractivity contribution in [3.8, 4) is 0 Å². The van der Waals surface area contributed by atoms with Gasteiger partial charge in [-0.1, -0.05) is 12.1 Å². The molecule has 92 valence electrons. The molecule has 0 spiro atoms. The lowest BCUT2D eigenvalue weighted by Gasteiger charge is -2.44. The van der Waals surface area contributed by atoms with Crippen LogP contribution >= 0.6 is 15.9 Å². The van der Waals surface area contributed by atoms with Crippen molar-refractivity contribution < 1.29 is 0 Å². The van der Waals surface area contributed by atoms with E-state index in [2.05, 4.69) is 55.3 Å². The van der Waals surface area contributed by atoms with Crippen LogP contribution in [0.3, 0.4) is 0 Å². The Kier molecular flexibility index (Phi) is 3.36. The third-order valence-electron chi connectivity index (χ3n) is 3.78. The number of halogens is 1. The molecule has 0 aliphatic carbocycles. The first-order valence-corrected chi connectivity index (χ1v) is 7.08. The van der Waals surface area contributed by atoms with Gasteiger partial charge in [0.15, 0.2) is 0 Å². The van der Waals surface area contributed by atoms with Gasteiger partial charge in [0, 0.05) is 49.8 Å². The number of nitrogens with one attached hydrogen (secondary N) is 1. The van der Waals surface area contributed by atoms with Crippen LogP contribution in [0.1, 0.15) is 0 Å². The number of para-hydroxylation sites is 1. The number of nitrogens with zero attached hydrogens (tertiary/aromatic N) is 2. The summed E-state index contributed by atoms with van der Waals surface area (Å²) < 4.78 is 1.21. The van der Waals surface area contributed by atoms with E-state index in [-0.39, 0.29) is 0 Å². The first-order chi connectivity index (χ1) is 8.34. The van der Waals surface area contributed by atoms with Gasteiger partial charge in [0.1, 0.15) is 0 Å². The maximum absolute atomic E-state index is 3.64. The maximum atomic E-state index is 3.64. The largest absolute Gasteiger partial charge is 0.368 e. The van der Waals surface area contributed by atoms with Gasteiger partial charge in [-0.3, -0.25) is 4.90 Å². The van der Waals surface area contributed by atoms with Gasteiger partial charge in [-0.2, -0.15) is 0 Å². The molecule has 1 N–H and O–H groups in total. The molecule has 2 saturated heterocycles. The monoisotopic (exact) mass is 295 g/mol. The molecule has 1 aromatic carbocycles. The lowest BCUT2D eigenvalue weighted by molar-refractivity contribution is 0.138. The number of benzene rings is 1. The van der Waals surface area contributed by atoms with Crippen molar-refractivity contribution >= 4 is 21.6 Å². The van der Waals surface area contributed by atoms with E-state index < -0.39 is 0 Å². The number of hydrogen-bond acceptors (Lipinski definition) is 3. The Labute approximate surface area is 111 Å². The van der Waals surface area contributed by atoms with E-state index >= 15 is 0 Å². The maximum Gasteiger partial charge on any atom is 0.0511 e. The second kappa shape index (κ2) is 4.96. The molecule has 17 heavy (non-hydrogen) atoms. The highest BCUT2D eigenvalue weighted by molar-refractivity contribution is 9.10. The molecule has 0 bridgehead atoms. The van der Waals surface area contributed by atoms with Crippen LogP contribution in [0.25, 0.3) is 0 Å². The molecule has 0 unspecified atom stereocenters. The minimum atomic E-state index is 0.788. The molecule has 0 radical (unpaired) electrons. The molecule has 0 aromatic heterocycles. The predicted molar refractivity (Wildman–Crippen MR) is 74.6 cm³/mol. The minimum Gasteiger partial charge on any atom is -0.368 e. The van der Waals surface area contributed by atoms with Gasteiger partial charge in [0.05, 0.1) is 5.69 Å². The third kappa shape index (κ3) is 2.34. The van der Waals surface area contributed by atoms with Gasteiger partial charge in [-0.15, -0.1) is 0 Å². The van der Waals surface area contributed by atoms with Crippen LogP contribution in [-0.2, 0) is 0 Å². The Morgan fingerprint density at radius 3 is 2.35 bits per heavy atom. The molecular formula is C13H18BrN3. The van der Waals surface area contributed by atoms with Crippen LogP contribution in [0.15, 0.2) is 28.7 Å². The molecule has 0 saturated carbocycles. The van der Waals surface area contributed by atoms with Gasteiger partial charge in [-0.25, -0.2) is 0 Å². The molecule has 2 heterocycles. The highest BCUT2D eigenvalue weighted by Gasteiger charge is 2.27. The van der Waals surface area contributed by atoms with Gasteiger partial charge >= 0.3 is 0 Å². The van der Waals surface area contributed by atoms with E-state index in [0.717, 1.165) is 19.1 Å². The SMILES string of the molecule is Brc1ccccc1N1CCN(C2CNC2)CC1. The van der Waals surface area contributed by atoms with Crippen molar-refractivity contribution in [1.29, 1.82) is 0 Å². The quantitative estimate of drug-likeness (QED) is 0.893. The summed E-state index contributed by atoms with van der Waals surface area (Å²) in [6, 6.07) is 9.30. The van der Waals surface area contributed by atoms with Crippen molar-refractivity contribution in [1.82, 2.24) is 10.2 Å². The van der Waals surface area contributed by atoms with E-state index in [0.29, 0.717) is 0 Å². The number of piperazine rings is 1. The number of hydrogen-bond donors (Lipinski definition) is 1. The van der Waals surface area contributed by atoms with Crippen molar-refractivity contribution in [3.05, 3.63) is 28.7 Å². The smallest absolute Gasteiger partial charge is 0.0511 e. The Morgan fingerprint density at radius 1 is 1.06 bits per heavy atom. The van der Waals surface area contributed by atoms with Crippen LogP contribution in [-0.4, -0.2) is 50.2 Å². The molecule has 0 atom stereocenters. The van der Waals surface area contributed by atoms with Crippen molar-refractivity contribution in [2.45, 2.75) is 6.04 Å². The lowest BCUT2D eigenvalue weighted by Crippen LogP contribution is -2.61. The zero-order chi connectivity index (χ0) is 11.7. The summed E-state index contributed by atoms with van der Waals surface area (Å²) in [5, 5.41) is 3.35. The molecule has 1 aromatic rings. The van der Waals surface area contributed by atoms with Gasteiger partial charge in [0.2, 0.25) is 0 Å². The van der Waals surface area contributed by atoms with E-state index in [1.54, 1.807) is 0 Å². The van der Waals surface area contributed by atoms with E-state index in [1.165, 1.54) is 36.3 Å². The standard InChI is InChI=1S/C13H18BrN3/c14-12-3-1-2-4-13(12)17-7-5-16(6-8-17)11-9-15-10-11/h1-4,11,15H,5-10H2. The van der Waals surface area contributed by atoms with Crippen LogP contribution in [0.2, 0.25) is 0 Å². The summed E-state index contributed by atoms with van der Waals surface area (Å²) in [6.07, 6.45) is 0. The average Bonchev–Trinajstić information content (AvgIpc) is 2.29. The third-order valence-corrected chi connectivity index (χ3v) is 4.45. The summed E-state index contributed by atoms with van der Waals surface area (Å²) in [7, 11) is 0. The molecule has 2 aliphatic heterocycles. The molecular weight excluding hydrogens is 278 g/mol. The van der Waals surface area contributed by atoms with Crippen LogP contribution in [0, 0.1) is 0 Å². The van der Waals surface area contributed by atoms with Crippen molar-refractivity contribution in [2.24, 2.45) is 0 Å². The van der Waals surface area contributed by atoms with Crippen molar-refractivity contribution in [3.63, 3.8) is 0 Å². The number of anilines is 1. The summed E-state index contributed by atoms with van der Waals surface area (Å²) in [5.41, 5.74) is 1.33. The van der Waals surface area contributed by atoms with Gasteiger partial charge in [-0.05, 0) is 28.1 Å². The summed E-state index contributed by atoms with van der Waals surface area (Å²) in [5.74, 6) is 0. The van der Waals surface area contributed by atoms with E-state index in [9.17, 15) is 0 Å². The molecule has 2 aliphatic rings. The summed E-state index contributed by atoms with van der Waals surface area (Å²) in [4.78, 5) is 5.09. The molecule has 3 rings (SSSR count). The average molecular weight is 296 g/mol.